The van der Waals surface area contributed by atoms with Gasteiger partial charge in [0.1, 0.15) is 0 Å². The highest BCUT2D eigenvalue weighted by atomic mass is 16.5. The highest BCUT2D eigenvalue weighted by molar-refractivity contribution is 5.75. The van der Waals surface area contributed by atoms with Gasteiger partial charge in [0.2, 0.25) is 0 Å². The van der Waals surface area contributed by atoms with E-state index in [2.05, 4.69) is 13.8 Å². The number of unbranched alkanes of at least 4 members (excludes halogenated alkanes) is 2. The highest BCUT2D eigenvalue weighted by Gasteiger charge is 2.31. The molecule has 0 aliphatic heterocycles. The first kappa shape index (κ1) is 17.0. The second-order valence-corrected chi connectivity index (χ2v) is 5.59. The van der Waals surface area contributed by atoms with Crippen molar-refractivity contribution < 1.29 is 19.1 Å². The number of rotatable bonds is 8. The molecule has 0 saturated heterocycles. The molecule has 0 aromatic carbocycles. The van der Waals surface area contributed by atoms with Crippen molar-refractivity contribution in [2.45, 2.75) is 65.2 Å². The van der Waals surface area contributed by atoms with Gasteiger partial charge in [0, 0.05) is 0 Å². The van der Waals surface area contributed by atoms with E-state index in [0.29, 0.717) is 13.2 Å². The molecule has 0 spiro atoms. The van der Waals surface area contributed by atoms with Gasteiger partial charge in [0.15, 0.2) is 0 Å². The third-order valence-corrected chi connectivity index (χ3v) is 3.88. The Labute approximate surface area is 122 Å². The smallest absolute Gasteiger partial charge is 0.308 e. The van der Waals surface area contributed by atoms with Gasteiger partial charge in [-0.1, -0.05) is 26.7 Å². The van der Waals surface area contributed by atoms with Crippen LogP contribution < -0.4 is 0 Å². The normalized spacial score (nSPS) is 22.3. The third-order valence-electron chi connectivity index (χ3n) is 3.88. The number of esters is 2. The van der Waals surface area contributed by atoms with Gasteiger partial charge < -0.3 is 9.47 Å². The fraction of sp³-hybridized carbons (Fsp3) is 0.875. The molecule has 0 amide bonds. The van der Waals surface area contributed by atoms with Crippen LogP contribution in [0.15, 0.2) is 0 Å². The topological polar surface area (TPSA) is 52.6 Å². The molecule has 0 N–H and O–H groups in total. The van der Waals surface area contributed by atoms with E-state index < -0.39 is 0 Å². The Morgan fingerprint density at radius 3 is 1.45 bits per heavy atom. The summed E-state index contributed by atoms with van der Waals surface area (Å²) in [6.45, 7) is 5.19. The van der Waals surface area contributed by atoms with Gasteiger partial charge in [-0.15, -0.1) is 0 Å². The van der Waals surface area contributed by atoms with Crippen LogP contribution in [-0.4, -0.2) is 25.2 Å². The zero-order valence-electron chi connectivity index (χ0n) is 12.9. The molecule has 1 fully saturated rings. The van der Waals surface area contributed by atoms with Crippen molar-refractivity contribution in [3.8, 4) is 0 Å². The quantitative estimate of drug-likeness (QED) is 0.506. The van der Waals surface area contributed by atoms with Crippen LogP contribution >= 0.6 is 0 Å². The number of hydrogen-bond acceptors (Lipinski definition) is 4. The molecule has 4 nitrogen and oxygen atoms in total. The first-order chi connectivity index (χ1) is 9.69. The fourth-order valence-electron chi connectivity index (χ4n) is 2.43. The van der Waals surface area contributed by atoms with E-state index in [1.165, 1.54) is 0 Å². The Morgan fingerprint density at radius 1 is 0.800 bits per heavy atom. The van der Waals surface area contributed by atoms with Crippen LogP contribution in [0, 0.1) is 11.8 Å². The second-order valence-electron chi connectivity index (χ2n) is 5.59. The minimum absolute atomic E-state index is 0.0217. The largest absolute Gasteiger partial charge is 0.465 e. The van der Waals surface area contributed by atoms with Crippen molar-refractivity contribution in [1.82, 2.24) is 0 Å². The Bertz CT molecular complexity index is 263. The molecule has 0 aromatic heterocycles. The lowest BCUT2D eigenvalue weighted by atomic mass is 9.82. The molecule has 1 saturated carbocycles. The molecule has 1 aliphatic carbocycles. The zero-order valence-corrected chi connectivity index (χ0v) is 12.9. The van der Waals surface area contributed by atoms with Gasteiger partial charge in [-0.2, -0.15) is 0 Å². The summed E-state index contributed by atoms with van der Waals surface area (Å²) in [6, 6.07) is 0. The lowest BCUT2D eigenvalue weighted by Crippen LogP contribution is -2.28. The van der Waals surface area contributed by atoms with Crippen LogP contribution in [0.25, 0.3) is 0 Å². The van der Waals surface area contributed by atoms with Crippen LogP contribution in [0.3, 0.4) is 0 Å². The zero-order chi connectivity index (χ0) is 14.8. The van der Waals surface area contributed by atoms with Crippen LogP contribution in [0.5, 0.6) is 0 Å². The average Bonchev–Trinajstić information content (AvgIpc) is 2.47. The summed E-state index contributed by atoms with van der Waals surface area (Å²) in [7, 11) is 0. The minimum atomic E-state index is -0.0868. The Hall–Kier alpha value is -1.06. The fourth-order valence-corrected chi connectivity index (χ4v) is 2.43. The van der Waals surface area contributed by atoms with Gasteiger partial charge in [0.05, 0.1) is 25.0 Å². The Balaban J connectivity index is 2.21. The van der Waals surface area contributed by atoms with Crippen molar-refractivity contribution >= 4 is 11.9 Å². The van der Waals surface area contributed by atoms with E-state index in [1.54, 1.807) is 0 Å². The first-order valence-corrected chi connectivity index (χ1v) is 8.02. The molecule has 0 radical (unpaired) electrons. The number of hydrogen-bond donors (Lipinski definition) is 0. The average molecular weight is 284 g/mol. The molecule has 1 aliphatic rings. The van der Waals surface area contributed by atoms with Crippen molar-refractivity contribution in [1.29, 1.82) is 0 Å². The minimum Gasteiger partial charge on any atom is -0.465 e. The summed E-state index contributed by atoms with van der Waals surface area (Å²) >= 11 is 0. The van der Waals surface area contributed by atoms with Gasteiger partial charge >= 0.3 is 11.9 Å². The van der Waals surface area contributed by atoms with Crippen molar-refractivity contribution in [3.05, 3.63) is 0 Å². The second kappa shape index (κ2) is 9.78. The molecule has 4 heteroatoms. The summed E-state index contributed by atoms with van der Waals surface area (Å²) in [5.41, 5.74) is 0. The summed E-state index contributed by atoms with van der Waals surface area (Å²) in [4.78, 5) is 23.6. The van der Waals surface area contributed by atoms with Crippen LogP contribution in [0.4, 0.5) is 0 Å². The van der Waals surface area contributed by atoms with Gasteiger partial charge in [0.25, 0.3) is 0 Å². The molecule has 116 valence electrons. The Kier molecular flexibility index (Phi) is 8.31. The summed E-state index contributed by atoms with van der Waals surface area (Å²) < 4.78 is 10.5. The standard InChI is InChI=1S/C16H28O4/c1-3-5-11-19-15(17)13-7-9-14(10-8-13)16(18)20-12-6-4-2/h13-14H,3-12H2,1-2H3/t13-,14+. The number of ether oxygens (including phenoxy) is 2. The van der Waals surface area contributed by atoms with E-state index in [9.17, 15) is 9.59 Å². The van der Waals surface area contributed by atoms with E-state index >= 15 is 0 Å². The number of carbonyl (C=O) groups excluding carboxylic acids is 2. The lowest BCUT2D eigenvalue weighted by molar-refractivity contribution is -0.155. The number of carbonyl (C=O) groups is 2. The summed E-state index contributed by atoms with van der Waals surface area (Å²) in [6.07, 6.45) is 6.90. The van der Waals surface area contributed by atoms with Gasteiger partial charge in [-0.05, 0) is 38.5 Å². The molecule has 20 heavy (non-hydrogen) atoms. The predicted molar refractivity (Wildman–Crippen MR) is 77.2 cm³/mol. The molecular formula is C16H28O4. The molecular weight excluding hydrogens is 256 g/mol. The first-order valence-electron chi connectivity index (χ1n) is 8.02. The monoisotopic (exact) mass is 284 g/mol. The Morgan fingerprint density at radius 2 is 1.15 bits per heavy atom. The molecule has 1 rings (SSSR count). The molecule has 0 heterocycles. The summed E-state index contributed by atoms with van der Waals surface area (Å²) in [5.74, 6) is -0.217. The van der Waals surface area contributed by atoms with Crippen molar-refractivity contribution in [3.63, 3.8) is 0 Å². The van der Waals surface area contributed by atoms with Crippen molar-refractivity contribution in [2.75, 3.05) is 13.2 Å². The third kappa shape index (κ3) is 5.93. The predicted octanol–water partition coefficient (Wildman–Crippen LogP) is 3.48. The van der Waals surface area contributed by atoms with E-state index in [4.69, 9.17) is 9.47 Å². The van der Waals surface area contributed by atoms with E-state index in [-0.39, 0.29) is 23.8 Å². The van der Waals surface area contributed by atoms with E-state index in [0.717, 1.165) is 51.4 Å². The SMILES string of the molecule is CCCCOC(=O)[C@H]1CC[C@@H](C(=O)OCCCC)CC1. The van der Waals surface area contributed by atoms with Gasteiger partial charge in [-0.3, -0.25) is 9.59 Å². The lowest BCUT2D eigenvalue weighted by Gasteiger charge is -2.25. The van der Waals surface area contributed by atoms with Crippen LogP contribution in [0.1, 0.15) is 65.2 Å². The maximum atomic E-state index is 11.8. The molecule has 0 bridgehead atoms. The van der Waals surface area contributed by atoms with E-state index in [1.807, 2.05) is 0 Å². The molecule has 0 unspecified atom stereocenters. The van der Waals surface area contributed by atoms with Crippen LogP contribution in [-0.2, 0) is 19.1 Å². The van der Waals surface area contributed by atoms with Gasteiger partial charge in [-0.25, -0.2) is 0 Å². The maximum absolute atomic E-state index is 11.8. The summed E-state index contributed by atoms with van der Waals surface area (Å²) in [5, 5.41) is 0. The molecule has 0 aromatic rings. The maximum Gasteiger partial charge on any atom is 0.308 e. The van der Waals surface area contributed by atoms with Crippen LogP contribution in [0.2, 0.25) is 0 Å². The van der Waals surface area contributed by atoms with Crippen molar-refractivity contribution in [2.24, 2.45) is 11.8 Å². The molecule has 0 atom stereocenters. The highest BCUT2D eigenvalue weighted by Crippen LogP contribution is 2.30.